The highest BCUT2D eigenvalue weighted by molar-refractivity contribution is 5.60. The lowest BCUT2D eigenvalue weighted by molar-refractivity contribution is 0.0147. The zero-order chi connectivity index (χ0) is 10.4. The Balaban J connectivity index is 2.25. The van der Waals surface area contributed by atoms with Crippen LogP contribution in [0.4, 0.5) is 4.79 Å². The van der Waals surface area contributed by atoms with Crippen LogP contribution in [-0.2, 0) is 9.47 Å². The Bertz CT molecular complexity index is 173. The van der Waals surface area contributed by atoms with Crippen LogP contribution in [0.3, 0.4) is 0 Å². The first-order chi connectivity index (χ1) is 6.74. The Morgan fingerprint density at radius 3 is 2.57 bits per heavy atom. The van der Waals surface area contributed by atoms with Crippen LogP contribution in [0.5, 0.6) is 0 Å². The molecule has 1 aliphatic rings. The second-order valence-corrected chi connectivity index (χ2v) is 3.82. The highest BCUT2D eigenvalue weighted by Gasteiger charge is 2.23. The normalized spacial score (nSPS) is 20.1. The van der Waals surface area contributed by atoms with Gasteiger partial charge in [0.05, 0.1) is 0 Å². The molecular formula is C11H19O3. The van der Waals surface area contributed by atoms with Crippen molar-refractivity contribution in [1.82, 2.24) is 0 Å². The fourth-order valence-electron chi connectivity index (χ4n) is 1.98. The summed E-state index contributed by atoms with van der Waals surface area (Å²) in [5.41, 5.74) is 0. The minimum atomic E-state index is -0.578. The predicted octanol–water partition coefficient (Wildman–Crippen LogP) is 3.29. The quantitative estimate of drug-likeness (QED) is 0.654. The van der Waals surface area contributed by atoms with Crippen molar-refractivity contribution < 1.29 is 14.3 Å². The average molecular weight is 199 g/mol. The molecule has 1 fully saturated rings. The minimum Gasteiger partial charge on any atom is -0.431 e. The maximum atomic E-state index is 11.0. The third kappa shape index (κ3) is 3.56. The lowest BCUT2D eigenvalue weighted by atomic mass is 9.86. The molecule has 81 valence electrons. The Labute approximate surface area is 85.8 Å². The van der Waals surface area contributed by atoms with Crippen LogP contribution >= 0.6 is 0 Å². The van der Waals surface area contributed by atoms with Crippen molar-refractivity contribution in [2.75, 3.05) is 0 Å². The lowest BCUT2D eigenvalue weighted by Crippen LogP contribution is -2.25. The molecule has 1 saturated carbocycles. The van der Waals surface area contributed by atoms with Gasteiger partial charge in [-0.15, -0.1) is 0 Å². The summed E-state index contributed by atoms with van der Waals surface area (Å²) in [7, 11) is 0. The number of ether oxygens (including phenoxy) is 2. The first-order valence-electron chi connectivity index (χ1n) is 5.39. The van der Waals surface area contributed by atoms with E-state index >= 15 is 0 Å². The van der Waals surface area contributed by atoms with Crippen molar-refractivity contribution >= 4 is 6.16 Å². The second-order valence-electron chi connectivity index (χ2n) is 3.82. The zero-order valence-corrected chi connectivity index (χ0v) is 8.99. The highest BCUT2D eigenvalue weighted by Crippen LogP contribution is 2.27. The largest absolute Gasteiger partial charge is 0.508 e. The predicted molar refractivity (Wildman–Crippen MR) is 53.6 cm³/mol. The number of hydrogen-bond donors (Lipinski definition) is 0. The van der Waals surface area contributed by atoms with Gasteiger partial charge in [-0.2, -0.15) is 0 Å². The summed E-state index contributed by atoms with van der Waals surface area (Å²) in [6, 6.07) is 0. The highest BCUT2D eigenvalue weighted by atomic mass is 16.7. The lowest BCUT2D eigenvalue weighted by Gasteiger charge is -2.26. The molecule has 0 heterocycles. The fourth-order valence-corrected chi connectivity index (χ4v) is 1.98. The molecule has 14 heavy (non-hydrogen) atoms. The van der Waals surface area contributed by atoms with Crippen molar-refractivity contribution in [3.63, 3.8) is 0 Å². The number of hydrogen-bond acceptors (Lipinski definition) is 3. The molecule has 3 heteroatoms. The van der Waals surface area contributed by atoms with Crippen LogP contribution in [0.25, 0.3) is 0 Å². The van der Waals surface area contributed by atoms with Gasteiger partial charge in [-0.25, -0.2) is 4.79 Å². The molecule has 0 N–H and O–H groups in total. The summed E-state index contributed by atoms with van der Waals surface area (Å²) in [5.74, 6) is 0.521. The molecule has 0 spiro atoms. The first-order valence-corrected chi connectivity index (χ1v) is 5.39. The molecular weight excluding hydrogens is 180 g/mol. The van der Waals surface area contributed by atoms with E-state index in [1.807, 2.05) is 6.92 Å². The Morgan fingerprint density at radius 2 is 2.00 bits per heavy atom. The van der Waals surface area contributed by atoms with Gasteiger partial charge in [0.1, 0.15) is 12.7 Å². The van der Waals surface area contributed by atoms with Crippen LogP contribution < -0.4 is 0 Å². The first kappa shape index (κ1) is 11.3. The van der Waals surface area contributed by atoms with E-state index in [0.29, 0.717) is 5.92 Å². The summed E-state index contributed by atoms with van der Waals surface area (Å²) in [6.07, 6.45) is 5.58. The van der Waals surface area contributed by atoms with E-state index in [4.69, 9.17) is 4.74 Å². The molecule has 1 aliphatic carbocycles. The van der Waals surface area contributed by atoms with Crippen LogP contribution in [0.2, 0.25) is 0 Å². The molecule has 1 rings (SSSR count). The van der Waals surface area contributed by atoms with E-state index < -0.39 is 6.16 Å². The average Bonchev–Trinajstić information content (AvgIpc) is 2.19. The van der Waals surface area contributed by atoms with E-state index in [0.717, 1.165) is 0 Å². The van der Waals surface area contributed by atoms with Crippen molar-refractivity contribution in [3.8, 4) is 0 Å². The van der Waals surface area contributed by atoms with Gasteiger partial charge in [0.25, 0.3) is 0 Å². The van der Waals surface area contributed by atoms with Crippen LogP contribution in [-0.4, -0.2) is 12.3 Å². The summed E-state index contributed by atoms with van der Waals surface area (Å²) < 4.78 is 9.76. The molecule has 1 atom stereocenters. The molecule has 0 bridgehead atoms. The van der Waals surface area contributed by atoms with Gasteiger partial charge in [0.2, 0.25) is 0 Å². The van der Waals surface area contributed by atoms with Gasteiger partial charge in [0, 0.05) is 0 Å². The van der Waals surface area contributed by atoms with Gasteiger partial charge < -0.3 is 9.47 Å². The summed E-state index contributed by atoms with van der Waals surface area (Å²) in [4.78, 5) is 11.0. The molecule has 0 aromatic heterocycles. The van der Waals surface area contributed by atoms with Gasteiger partial charge >= 0.3 is 6.16 Å². The number of carbonyl (C=O) groups is 1. The molecule has 0 aromatic rings. The van der Waals surface area contributed by atoms with E-state index in [1.165, 1.54) is 38.7 Å². The van der Waals surface area contributed by atoms with Gasteiger partial charge in [-0.05, 0) is 32.6 Å². The topological polar surface area (TPSA) is 35.5 Å². The Kier molecular flexibility index (Phi) is 4.77. The fraction of sp³-hybridized carbons (Fsp3) is 0.818. The molecule has 0 amide bonds. The van der Waals surface area contributed by atoms with E-state index in [-0.39, 0.29) is 6.10 Å². The van der Waals surface area contributed by atoms with Crippen molar-refractivity contribution in [1.29, 1.82) is 0 Å². The van der Waals surface area contributed by atoms with Gasteiger partial charge in [-0.3, -0.25) is 0 Å². The van der Waals surface area contributed by atoms with Crippen molar-refractivity contribution in [2.45, 2.75) is 52.1 Å². The van der Waals surface area contributed by atoms with Crippen molar-refractivity contribution in [2.24, 2.45) is 5.92 Å². The SMILES string of the molecule is C[CH]OC(=O)OC(C)C1CCCCC1. The summed E-state index contributed by atoms with van der Waals surface area (Å²) >= 11 is 0. The maximum Gasteiger partial charge on any atom is 0.508 e. The molecule has 1 radical (unpaired) electrons. The van der Waals surface area contributed by atoms with E-state index in [9.17, 15) is 4.79 Å². The smallest absolute Gasteiger partial charge is 0.431 e. The molecule has 0 aromatic carbocycles. The van der Waals surface area contributed by atoms with Crippen molar-refractivity contribution in [3.05, 3.63) is 6.61 Å². The second kappa shape index (κ2) is 5.89. The number of rotatable bonds is 3. The third-order valence-electron chi connectivity index (χ3n) is 2.81. The maximum absolute atomic E-state index is 11.0. The molecule has 0 saturated heterocycles. The third-order valence-corrected chi connectivity index (χ3v) is 2.81. The van der Waals surface area contributed by atoms with Crippen LogP contribution in [0, 0.1) is 12.5 Å². The van der Waals surface area contributed by atoms with Gasteiger partial charge in [-0.1, -0.05) is 19.3 Å². The summed E-state index contributed by atoms with van der Waals surface area (Å²) in [5, 5.41) is 0. The van der Waals surface area contributed by atoms with Crippen LogP contribution in [0.15, 0.2) is 0 Å². The standard InChI is InChI=1S/C11H19O3/c1-3-13-11(12)14-9(2)10-7-5-4-6-8-10/h3,9-10H,4-8H2,1-2H3. The molecule has 3 nitrogen and oxygen atoms in total. The monoisotopic (exact) mass is 199 g/mol. The zero-order valence-electron chi connectivity index (χ0n) is 8.99. The van der Waals surface area contributed by atoms with E-state index in [2.05, 4.69) is 4.74 Å². The summed E-state index contributed by atoms with van der Waals surface area (Å²) in [6.45, 7) is 4.95. The van der Waals surface area contributed by atoms with Gasteiger partial charge in [0.15, 0.2) is 0 Å². The van der Waals surface area contributed by atoms with Crippen LogP contribution in [0.1, 0.15) is 46.0 Å². The van der Waals surface area contributed by atoms with E-state index in [1.54, 1.807) is 6.92 Å². The Hall–Kier alpha value is -0.730. The molecule has 1 unspecified atom stereocenters. The number of carbonyl (C=O) groups excluding carboxylic acids is 1. The minimum absolute atomic E-state index is 0.0113. The Morgan fingerprint density at radius 1 is 1.36 bits per heavy atom. The molecule has 0 aliphatic heterocycles.